The first-order valence-electron chi connectivity index (χ1n) is 16.4. The van der Waals surface area contributed by atoms with E-state index in [1.54, 1.807) is 0 Å². The van der Waals surface area contributed by atoms with Crippen molar-refractivity contribution in [1.82, 2.24) is 15.0 Å². The molecule has 0 N–H and O–H groups in total. The van der Waals surface area contributed by atoms with Gasteiger partial charge in [-0.2, -0.15) is 0 Å². The predicted octanol–water partition coefficient (Wildman–Crippen LogP) is 12.2. The highest BCUT2D eigenvalue weighted by Gasteiger charge is 2.14. The molecule has 3 nitrogen and oxygen atoms in total. The Balaban J connectivity index is 1.12. The molecule has 0 radical (unpaired) electrons. The smallest absolute Gasteiger partial charge is 0.164 e. The van der Waals surface area contributed by atoms with Crippen LogP contribution in [-0.2, 0) is 0 Å². The second-order valence-electron chi connectivity index (χ2n) is 12.1. The van der Waals surface area contributed by atoms with Crippen molar-refractivity contribution in [3.63, 3.8) is 0 Å². The molecule has 49 heavy (non-hydrogen) atoms. The predicted molar refractivity (Wildman–Crippen MR) is 205 cm³/mol. The van der Waals surface area contributed by atoms with Gasteiger partial charge in [0.1, 0.15) is 0 Å². The Morgan fingerprint density at radius 3 is 1.33 bits per heavy atom. The van der Waals surface area contributed by atoms with E-state index >= 15 is 0 Å². The van der Waals surface area contributed by atoms with Crippen LogP contribution in [0.25, 0.3) is 87.7 Å². The molecule has 0 saturated heterocycles. The van der Waals surface area contributed by atoms with Gasteiger partial charge in [-0.15, -0.1) is 11.3 Å². The Kier molecular flexibility index (Phi) is 7.34. The first-order valence-corrected chi connectivity index (χ1v) is 17.2. The zero-order valence-corrected chi connectivity index (χ0v) is 27.3. The molecule has 2 aromatic heterocycles. The van der Waals surface area contributed by atoms with Crippen LogP contribution in [-0.4, -0.2) is 15.0 Å². The van der Waals surface area contributed by atoms with Gasteiger partial charge in [-0.05, 0) is 57.6 Å². The molecule has 0 atom stereocenters. The van der Waals surface area contributed by atoms with Crippen LogP contribution in [0.4, 0.5) is 0 Å². The third-order valence-corrected chi connectivity index (χ3v) is 10.1. The molecule has 0 aliphatic rings. The van der Waals surface area contributed by atoms with Gasteiger partial charge in [0.05, 0.1) is 0 Å². The third kappa shape index (κ3) is 5.69. The number of hydrogen-bond acceptors (Lipinski definition) is 4. The molecule has 0 aliphatic heterocycles. The SMILES string of the molecule is c1ccc(-c2ccc(-c3nc(-c4ccc(-c5ccc6sc7ccccc7c6c5)cc4)nc(-c4cccc(-c5ccccc5)c4)n3)cc2)cc1. The van der Waals surface area contributed by atoms with Crippen LogP contribution in [0.15, 0.2) is 176 Å². The molecule has 0 amide bonds. The van der Waals surface area contributed by atoms with Crippen molar-refractivity contribution < 1.29 is 0 Å². The van der Waals surface area contributed by atoms with E-state index in [4.69, 9.17) is 15.0 Å². The maximum atomic E-state index is 5.05. The lowest BCUT2D eigenvalue weighted by molar-refractivity contribution is 1.07. The van der Waals surface area contributed by atoms with Crippen LogP contribution in [0, 0.1) is 0 Å². The highest BCUT2D eigenvalue weighted by molar-refractivity contribution is 7.25. The van der Waals surface area contributed by atoms with E-state index in [1.807, 2.05) is 23.5 Å². The van der Waals surface area contributed by atoms with Crippen LogP contribution < -0.4 is 0 Å². The van der Waals surface area contributed by atoms with E-state index in [-0.39, 0.29) is 0 Å². The summed E-state index contributed by atoms with van der Waals surface area (Å²) in [5.41, 5.74) is 9.77. The van der Waals surface area contributed by atoms with Crippen LogP contribution in [0.3, 0.4) is 0 Å². The van der Waals surface area contributed by atoms with E-state index in [0.717, 1.165) is 38.9 Å². The summed E-state index contributed by atoms with van der Waals surface area (Å²) in [5.74, 6) is 1.93. The van der Waals surface area contributed by atoms with Crippen molar-refractivity contribution in [3.8, 4) is 67.5 Å². The fourth-order valence-electron chi connectivity index (χ4n) is 6.39. The first-order chi connectivity index (χ1) is 24.2. The van der Waals surface area contributed by atoms with Crippen LogP contribution in [0.2, 0.25) is 0 Å². The summed E-state index contributed by atoms with van der Waals surface area (Å²) in [6.45, 7) is 0. The number of aromatic nitrogens is 3. The zero-order valence-electron chi connectivity index (χ0n) is 26.5. The number of nitrogens with zero attached hydrogens (tertiary/aromatic N) is 3. The molecule has 7 aromatic carbocycles. The molecule has 0 unspecified atom stereocenters. The average molecular weight is 644 g/mol. The molecule has 0 bridgehead atoms. The molecule has 0 fully saturated rings. The molecule has 2 heterocycles. The van der Waals surface area contributed by atoms with Gasteiger partial charge < -0.3 is 0 Å². The summed E-state index contributed by atoms with van der Waals surface area (Å²) in [6.07, 6.45) is 0. The summed E-state index contributed by atoms with van der Waals surface area (Å²) in [4.78, 5) is 15.1. The van der Waals surface area contributed by atoms with Crippen molar-refractivity contribution in [2.45, 2.75) is 0 Å². The minimum Gasteiger partial charge on any atom is -0.208 e. The number of hydrogen-bond donors (Lipinski definition) is 0. The van der Waals surface area contributed by atoms with Gasteiger partial charge in [0.25, 0.3) is 0 Å². The van der Waals surface area contributed by atoms with Gasteiger partial charge in [-0.1, -0.05) is 152 Å². The number of benzene rings is 7. The van der Waals surface area contributed by atoms with E-state index in [2.05, 4.69) is 164 Å². The number of fused-ring (bicyclic) bond motifs is 3. The Labute approximate surface area is 288 Å². The van der Waals surface area contributed by atoms with E-state index in [1.165, 1.54) is 31.3 Å². The zero-order chi connectivity index (χ0) is 32.6. The maximum Gasteiger partial charge on any atom is 0.164 e. The quantitative estimate of drug-likeness (QED) is 0.181. The molecular formula is C45H29N3S. The molecule has 0 aliphatic carbocycles. The summed E-state index contributed by atoms with van der Waals surface area (Å²) >= 11 is 1.84. The Morgan fingerprint density at radius 1 is 0.265 bits per heavy atom. The average Bonchev–Trinajstić information content (AvgIpc) is 3.57. The fourth-order valence-corrected chi connectivity index (χ4v) is 7.48. The van der Waals surface area contributed by atoms with Crippen LogP contribution in [0.5, 0.6) is 0 Å². The van der Waals surface area contributed by atoms with Crippen molar-refractivity contribution in [2.75, 3.05) is 0 Å². The van der Waals surface area contributed by atoms with E-state index in [0.29, 0.717) is 17.5 Å². The molecular weight excluding hydrogens is 615 g/mol. The van der Waals surface area contributed by atoms with E-state index < -0.39 is 0 Å². The van der Waals surface area contributed by atoms with Gasteiger partial charge in [0.15, 0.2) is 17.5 Å². The summed E-state index contributed by atoms with van der Waals surface area (Å²) in [6, 6.07) is 61.6. The second kappa shape index (κ2) is 12.4. The van der Waals surface area contributed by atoms with Gasteiger partial charge in [0, 0.05) is 36.9 Å². The van der Waals surface area contributed by atoms with Crippen molar-refractivity contribution in [1.29, 1.82) is 0 Å². The molecule has 9 rings (SSSR count). The molecule has 9 aromatic rings. The van der Waals surface area contributed by atoms with Gasteiger partial charge in [-0.25, -0.2) is 15.0 Å². The Hall–Kier alpha value is -6.23. The van der Waals surface area contributed by atoms with Crippen LogP contribution in [0.1, 0.15) is 0 Å². The van der Waals surface area contributed by atoms with Gasteiger partial charge in [-0.3, -0.25) is 0 Å². The van der Waals surface area contributed by atoms with Crippen LogP contribution >= 0.6 is 11.3 Å². The lowest BCUT2D eigenvalue weighted by Gasteiger charge is -2.11. The normalized spacial score (nSPS) is 11.3. The molecule has 0 spiro atoms. The lowest BCUT2D eigenvalue weighted by atomic mass is 10.0. The fraction of sp³-hybridized carbons (Fsp3) is 0. The van der Waals surface area contributed by atoms with Crippen molar-refractivity contribution in [2.24, 2.45) is 0 Å². The number of rotatable bonds is 6. The van der Waals surface area contributed by atoms with Crippen molar-refractivity contribution in [3.05, 3.63) is 176 Å². The highest BCUT2D eigenvalue weighted by Crippen LogP contribution is 2.37. The van der Waals surface area contributed by atoms with Gasteiger partial charge in [0.2, 0.25) is 0 Å². The summed E-state index contributed by atoms with van der Waals surface area (Å²) in [7, 11) is 0. The lowest BCUT2D eigenvalue weighted by Crippen LogP contribution is -2.00. The molecule has 0 saturated carbocycles. The monoisotopic (exact) mass is 643 g/mol. The summed E-state index contributed by atoms with van der Waals surface area (Å²) in [5, 5.41) is 2.60. The minimum absolute atomic E-state index is 0.642. The number of thiophene rings is 1. The topological polar surface area (TPSA) is 38.7 Å². The first kappa shape index (κ1) is 29.0. The third-order valence-electron chi connectivity index (χ3n) is 8.97. The highest BCUT2D eigenvalue weighted by atomic mass is 32.1. The Morgan fingerprint density at radius 2 is 0.673 bits per heavy atom. The Bertz CT molecular complexity index is 2570. The van der Waals surface area contributed by atoms with E-state index in [9.17, 15) is 0 Å². The minimum atomic E-state index is 0.642. The molecule has 230 valence electrons. The summed E-state index contributed by atoms with van der Waals surface area (Å²) < 4.78 is 2.62. The standard InChI is InChI=1S/C45H29N3S/c1-3-10-30(11-4-1)32-18-22-34(23-19-32)43-46-44(48-45(47-43)38-15-9-14-36(28-38)31-12-5-2-6-13-31)35-24-20-33(21-25-35)37-26-27-42-40(29-37)39-16-7-8-17-41(39)49-42/h1-29H. The van der Waals surface area contributed by atoms with Gasteiger partial charge >= 0.3 is 0 Å². The second-order valence-corrected chi connectivity index (χ2v) is 13.2. The largest absolute Gasteiger partial charge is 0.208 e. The van der Waals surface area contributed by atoms with Crippen molar-refractivity contribution >= 4 is 31.5 Å². The molecule has 4 heteroatoms. The maximum absolute atomic E-state index is 5.05.